The molecule has 1 atom stereocenters. The van der Waals surface area contributed by atoms with Gasteiger partial charge in [0.2, 0.25) is 0 Å². The van der Waals surface area contributed by atoms with Crippen LogP contribution in [0.3, 0.4) is 0 Å². The molecule has 110 valence electrons. The number of nitrogens with zero attached hydrogens (tertiary/aromatic N) is 2. The van der Waals surface area contributed by atoms with E-state index in [0.717, 1.165) is 0 Å². The Balaban J connectivity index is 1.92. The SMILES string of the molecule is CN(CC(O)c1ccc(F)cc1)C(=O)Nc1ccncc1. The molecule has 0 radical (unpaired) electrons. The average molecular weight is 289 g/mol. The number of urea groups is 1. The van der Waals surface area contributed by atoms with Crippen LogP contribution in [0, 0.1) is 5.82 Å². The second kappa shape index (κ2) is 6.81. The molecule has 0 aliphatic carbocycles. The van der Waals surface area contributed by atoms with E-state index in [2.05, 4.69) is 10.3 Å². The fourth-order valence-corrected chi connectivity index (χ4v) is 1.79. The Morgan fingerprint density at radius 2 is 1.90 bits per heavy atom. The summed E-state index contributed by atoms with van der Waals surface area (Å²) in [6.07, 6.45) is 2.27. The standard InChI is InChI=1S/C15H16FN3O2/c1-19(15(21)18-13-6-8-17-9-7-13)10-14(20)11-2-4-12(16)5-3-11/h2-9,14,20H,10H2,1H3,(H,17,18,21). The molecule has 1 unspecified atom stereocenters. The van der Waals surface area contributed by atoms with Gasteiger partial charge < -0.3 is 15.3 Å². The Hall–Kier alpha value is -2.47. The largest absolute Gasteiger partial charge is 0.387 e. The molecular weight excluding hydrogens is 273 g/mol. The zero-order chi connectivity index (χ0) is 15.2. The third-order valence-corrected chi connectivity index (χ3v) is 2.98. The maximum Gasteiger partial charge on any atom is 0.321 e. The van der Waals surface area contributed by atoms with Crippen LogP contribution in [0.1, 0.15) is 11.7 Å². The van der Waals surface area contributed by atoms with Gasteiger partial charge >= 0.3 is 6.03 Å². The monoisotopic (exact) mass is 289 g/mol. The lowest BCUT2D eigenvalue weighted by atomic mass is 10.1. The summed E-state index contributed by atoms with van der Waals surface area (Å²) >= 11 is 0. The Morgan fingerprint density at radius 3 is 2.52 bits per heavy atom. The molecular formula is C15H16FN3O2. The molecule has 1 aromatic heterocycles. The topological polar surface area (TPSA) is 65.5 Å². The third-order valence-electron chi connectivity index (χ3n) is 2.98. The number of amides is 2. The van der Waals surface area contributed by atoms with E-state index in [9.17, 15) is 14.3 Å². The number of carbonyl (C=O) groups excluding carboxylic acids is 1. The summed E-state index contributed by atoms with van der Waals surface area (Å²) in [6, 6.07) is 8.53. The molecule has 0 bridgehead atoms. The smallest absolute Gasteiger partial charge is 0.321 e. The van der Waals surface area contributed by atoms with Gasteiger partial charge in [0.1, 0.15) is 5.82 Å². The number of halogens is 1. The summed E-state index contributed by atoms with van der Waals surface area (Å²) in [5.41, 5.74) is 1.18. The molecule has 6 heteroatoms. The molecule has 2 N–H and O–H groups in total. The number of carbonyl (C=O) groups is 1. The van der Waals surface area contributed by atoms with E-state index in [1.807, 2.05) is 0 Å². The molecule has 1 aromatic carbocycles. The van der Waals surface area contributed by atoms with Crippen LogP contribution in [0.25, 0.3) is 0 Å². The van der Waals surface area contributed by atoms with E-state index in [1.165, 1.54) is 29.2 Å². The van der Waals surface area contributed by atoms with Gasteiger partial charge in [-0.2, -0.15) is 0 Å². The van der Waals surface area contributed by atoms with Crippen molar-refractivity contribution in [2.45, 2.75) is 6.10 Å². The highest BCUT2D eigenvalue weighted by atomic mass is 19.1. The number of benzene rings is 1. The summed E-state index contributed by atoms with van der Waals surface area (Å²) in [6.45, 7) is 0.0998. The Bertz CT molecular complexity index is 590. The second-order valence-electron chi connectivity index (χ2n) is 4.61. The van der Waals surface area contributed by atoms with Crippen molar-refractivity contribution in [2.24, 2.45) is 0 Å². The molecule has 0 saturated heterocycles. The van der Waals surface area contributed by atoms with Gasteiger partial charge in [0.15, 0.2) is 0 Å². The second-order valence-corrected chi connectivity index (χ2v) is 4.61. The van der Waals surface area contributed by atoms with E-state index in [-0.39, 0.29) is 18.4 Å². The summed E-state index contributed by atoms with van der Waals surface area (Å²) in [5, 5.41) is 12.7. The number of likely N-dealkylation sites (N-methyl/N-ethyl adjacent to an activating group) is 1. The summed E-state index contributed by atoms with van der Waals surface area (Å²) in [4.78, 5) is 17.2. The molecule has 21 heavy (non-hydrogen) atoms. The van der Waals surface area contributed by atoms with Crippen molar-refractivity contribution in [3.05, 3.63) is 60.2 Å². The van der Waals surface area contributed by atoms with Gasteiger partial charge in [0.05, 0.1) is 12.6 Å². The first-order chi connectivity index (χ1) is 10.1. The van der Waals surface area contributed by atoms with Gasteiger partial charge in [-0.3, -0.25) is 4.98 Å². The van der Waals surface area contributed by atoms with Crippen LogP contribution in [0.5, 0.6) is 0 Å². The lowest BCUT2D eigenvalue weighted by molar-refractivity contribution is 0.136. The molecule has 0 aliphatic heterocycles. The molecule has 0 saturated carbocycles. The molecule has 0 fully saturated rings. The normalized spacial score (nSPS) is 11.8. The van der Waals surface area contributed by atoms with Crippen LogP contribution in [0.15, 0.2) is 48.8 Å². The predicted octanol–water partition coefficient (Wildman–Crippen LogP) is 2.42. The van der Waals surface area contributed by atoms with Crippen molar-refractivity contribution in [1.82, 2.24) is 9.88 Å². The number of aromatic nitrogens is 1. The lowest BCUT2D eigenvalue weighted by Gasteiger charge is -2.21. The number of aliphatic hydroxyl groups excluding tert-OH is 1. The van der Waals surface area contributed by atoms with E-state index < -0.39 is 6.10 Å². The minimum Gasteiger partial charge on any atom is -0.387 e. The Labute approximate surface area is 122 Å². The molecule has 2 amide bonds. The van der Waals surface area contributed by atoms with Gasteiger partial charge in [0, 0.05) is 25.1 Å². The first-order valence-corrected chi connectivity index (χ1v) is 6.42. The van der Waals surface area contributed by atoms with Gasteiger partial charge in [-0.05, 0) is 29.8 Å². The average Bonchev–Trinajstić information content (AvgIpc) is 2.48. The number of pyridine rings is 1. The lowest BCUT2D eigenvalue weighted by Crippen LogP contribution is -2.34. The zero-order valence-electron chi connectivity index (χ0n) is 11.5. The minimum atomic E-state index is -0.876. The number of nitrogens with one attached hydrogen (secondary N) is 1. The number of hydrogen-bond donors (Lipinski definition) is 2. The third kappa shape index (κ3) is 4.25. The first kappa shape index (κ1) is 14.9. The quantitative estimate of drug-likeness (QED) is 0.908. The van der Waals surface area contributed by atoms with Crippen molar-refractivity contribution in [3.63, 3.8) is 0 Å². The number of aliphatic hydroxyl groups is 1. The number of anilines is 1. The Morgan fingerprint density at radius 1 is 1.29 bits per heavy atom. The van der Waals surface area contributed by atoms with Crippen molar-refractivity contribution < 1.29 is 14.3 Å². The van der Waals surface area contributed by atoms with Gasteiger partial charge in [-0.25, -0.2) is 9.18 Å². The Kier molecular flexibility index (Phi) is 4.84. The van der Waals surface area contributed by atoms with Crippen LogP contribution in [-0.2, 0) is 0 Å². The van der Waals surface area contributed by atoms with Crippen molar-refractivity contribution in [2.75, 3.05) is 18.9 Å². The van der Waals surface area contributed by atoms with Crippen LogP contribution >= 0.6 is 0 Å². The van der Waals surface area contributed by atoms with E-state index in [1.54, 1.807) is 31.6 Å². The van der Waals surface area contributed by atoms with Crippen molar-refractivity contribution in [3.8, 4) is 0 Å². The fraction of sp³-hybridized carbons (Fsp3) is 0.200. The summed E-state index contributed by atoms with van der Waals surface area (Å²) in [5.74, 6) is -0.366. The summed E-state index contributed by atoms with van der Waals surface area (Å²) < 4.78 is 12.8. The summed E-state index contributed by atoms with van der Waals surface area (Å²) in [7, 11) is 1.57. The van der Waals surface area contributed by atoms with Gasteiger partial charge in [0.25, 0.3) is 0 Å². The molecule has 2 aromatic rings. The first-order valence-electron chi connectivity index (χ1n) is 6.42. The van der Waals surface area contributed by atoms with Crippen LogP contribution in [-0.4, -0.2) is 34.6 Å². The van der Waals surface area contributed by atoms with Gasteiger partial charge in [-0.15, -0.1) is 0 Å². The number of rotatable bonds is 4. The maximum atomic E-state index is 12.8. The van der Waals surface area contributed by atoms with Crippen molar-refractivity contribution >= 4 is 11.7 Å². The van der Waals surface area contributed by atoms with E-state index >= 15 is 0 Å². The minimum absolute atomic E-state index is 0.0998. The molecule has 5 nitrogen and oxygen atoms in total. The van der Waals surface area contributed by atoms with E-state index in [0.29, 0.717) is 11.3 Å². The molecule has 1 heterocycles. The molecule has 0 spiro atoms. The highest BCUT2D eigenvalue weighted by molar-refractivity contribution is 5.88. The maximum absolute atomic E-state index is 12.8. The van der Waals surface area contributed by atoms with Crippen molar-refractivity contribution in [1.29, 1.82) is 0 Å². The van der Waals surface area contributed by atoms with Crippen LogP contribution in [0.2, 0.25) is 0 Å². The molecule has 0 aliphatic rings. The number of hydrogen-bond acceptors (Lipinski definition) is 3. The molecule has 2 rings (SSSR count). The van der Waals surface area contributed by atoms with Crippen LogP contribution in [0.4, 0.5) is 14.9 Å². The van der Waals surface area contributed by atoms with Gasteiger partial charge in [-0.1, -0.05) is 12.1 Å². The highest BCUT2D eigenvalue weighted by Gasteiger charge is 2.15. The zero-order valence-corrected chi connectivity index (χ0v) is 11.5. The van der Waals surface area contributed by atoms with E-state index in [4.69, 9.17) is 0 Å². The predicted molar refractivity (Wildman–Crippen MR) is 77.2 cm³/mol. The fourth-order valence-electron chi connectivity index (χ4n) is 1.79. The van der Waals surface area contributed by atoms with Crippen LogP contribution < -0.4 is 5.32 Å². The highest BCUT2D eigenvalue weighted by Crippen LogP contribution is 2.15.